The Labute approximate surface area is 217 Å². The number of aromatic nitrogens is 1. The second kappa shape index (κ2) is 11.7. The van der Waals surface area contributed by atoms with E-state index in [1.165, 1.54) is 11.8 Å². The van der Waals surface area contributed by atoms with Crippen LogP contribution in [0.1, 0.15) is 37.0 Å². The largest absolute Gasteiger partial charge is 0.325 e. The van der Waals surface area contributed by atoms with Crippen molar-refractivity contribution in [1.29, 1.82) is 5.26 Å². The number of benzene rings is 3. The number of thioether (sulfide) groups is 1. The number of anilines is 1. The van der Waals surface area contributed by atoms with Gasteiger partial charge in [0.2, 0.25) is 5.91 Å². The first-order valence-corrected chi connectivity index (χ1v) is 13.1. The molecule has 1 amide bonds. The molecule has 0 bridgehead atoms. The minimum absolute atomic E-state index is 0.0800. The van der Waals surface area contributed by atoms with Gasteiger partial charge in [0.05, 0.1) is 16.5 Å². The fourth-order valence-electron chi connectivity index (χ4n) is 4.18. The molecular weight excluding hydrogens is 462 g/mol. The van der Waals surface area contributed by atoms with Crippen molar-refractivity contribution in [2.75, 3.05) is 5.32 Å². The van der Waals surface area contributed by atoms with Crippen LogP contribution in [0, 0.1) is 18.3 Å². The predicted molar refractivity (Wildman–Crippen MR) is 149 cm³/mol. The van der Waals surface area contributed by atoms with Gasteiger partial charge in [-0.05, 0) is 42.5 Å². The minimum atomic E-state index is -0.399. The lowest BCUT2D eigenvalue weighted by Gasteiger charge is -2.19. The van der Waals surface area contributed by atoms with Gasteiger partial charge in [0.15, 0.2) is 0 Å². The van der Waals surface area contributed by atoms with Gasteiger partial charge in [-0.1, -0.05) is 104 Å². The molecule has 1 N–H and O–H groups in total. The van der Waals surface area contributed by atoms with E-state index in [0.717, 1.165) is 45.6 Å². The maximum Gasteiger partial charge on any atom is 0.237 e. The molecule has 1 atom stereocenters. The second-order valence-electron chi connectivity index (χ2n) is 8.55. The summed E-state index contributed by atoms with van der Waals surface area (Å²) < 4.78 is 0. The molecule has 4 aromatic rings. The van der Waals surface area contributed by atoms with Crippen LogP contribution in [0.4, 0.5) is 5.69 Å². The fraction of sp³-hybridized carbons (Fsp3) is 0.194. The Morgan fingerprint density at radius 1 is 0.972 bits per heavy atom. The molecule has 5 heteroatoms. The third-order valence-electron chi connectivity index (χ3n) is 6.16. The lowest BCUT2D eigenvalue weighted by atomic mass is 9.99. The average Bonchev–Trinajstić information content (AvgIpc) is 2.93. The molecule has 0 aliphatic heterocycles. The van der Waals surface area contributed by atoms with Crippen molar-refractivity contribution in [3.8, 4) is 28.5 Å². The van der Waals surface area contributed by atoms with E-state index in [0.29, 0.717) is 17.0 Å². The number of hydrogen-bond acceptors (Lipinski definition) is 4. The van der Waals surface area contributed by atoms with Crippen molar-refractivity contribution in [2.45, 2.75) is 43.9 Å². The van der Waals surface area contributed by atoms with Gasteiger partial charge in [0.1, 0.15) is 11.1 Å². The van der Waals surface area contributed by atoms with E-state index in [4.69, 9.17) is 4.98 Å². The molecule has 0 fully saturated rings. The third-order valence-corrected chi connectivity index (χ3v) is 7.51. The van der Waals surface area contributed by atoms with Crippen molar-refractivity contribution in [2.24, 2.45) is 0 Å². The number of pyridine rings is 1. The SMILES string of the molecule is CCc1cccc(C)c1NC(=O)C(CC)Sc1nc(-c2ccccc2)cc(-c2ccccc2)c1C#N. The van der Waals surface area contributed by atoms with Crippen LogP contribution in [0.25, 0.3) is 22.4 Å². The molecule has 0 spiro atoms. The maximum absolute atomic E-state index is 13.4. The van der Waals surface area contributed by atoms with Gasteiger partial charge in [-0.15, -0.1) is 0 Å². The second-order valence-corrected chi connectivity index (χ2v) is 9.74. The first-order chi connectivity index (χ1) is 17.5. The van der Waals surface area contributed by atoms with Crippen LogP contribution >= 0.6 is 11.8 Å². The topological polar surface area (TPSA) is 65.8 Å². The number of rotatable bonds is 8. The minimum Gasteiger partial charge on any atom is -0.325 e. The molecule has 1 unspecified atom stereocenters. The van der Waals surface area contributed by atoms with E-state index in [2.05, 4.69) is 18.3 Å². The Kier molecular flexibility index (Phi) is 8.20. The number of hydrogen-bond donors (Lipinski definition) is 1. The van der Waals surface area contributed by atoms with E-state index in [-0.39, 0.29) is 5.91 Å². The average molecular weight is 492 g/mol. The summed E-state index contributed by atoms with van der Waals surface area (Å²) in [5.41, 5.74) is 7.01. The fourth-order valence-corrected chi connectivity index (χ4v) is 5.21. The highest BCUT2D eigenvalue weighted by molar-refractivity contribution is 8.00. The van der Waals surface area contributed by atoms with Gasteiger partial charge < -0.3 is 5.32 Å². The first kappa shape index (κ1) is 25.2. The van der Waals surface area contributed by atoms with E-state index in [1.54, 1.807) is 0 Å². The van der Waals surface area contributed by atoms with E-state index >= 15 is 0 Å². The molecule has 4 rings (SSSR count). The number of carbonyl (C=O) groups excluding carboxylic acids is 1. The molecule has 0 aliphatic rings. The Morgan fingerprint density at radius 2 is 1.64 bits per heavy atom. The first-order valence-electron chi connectivity index (χ1n) is 12.2. The van der Waals surface area contributed by atoms with Crippen LogP contribution in [0.3, 0.4) is 0 Å². The maximum atomic E-state index is 13.4. The number of carbonyl (C=O) groups is 1. The van der Waals surface area contributed by atoms with Crippen LogP contribution in [-0.4, -0.2) is 16.1 Å². The van der Waals surface area contributed by atoms with Gasteiger partial charge in [0, 0.05) is 16.8 Å². The lowest BCUT2D eigenvalue weighted by Crippen LogP contribution is -2.26. The molecule has 0 aliphatic carbocycles. The quantitative estimate of drug-likeness (QED) is 0.257. The zero-order valence-corrected chi connectivity index (χ0v) is 21.6. The number of amides is 1. The molecule has 0 saturated heterocycles. The molecule has 1 heterocycles. The van der Waals surface area contributed by atoms with Gasteiger partial charge in [-0.2, -0.15) is 5.26 Å². The smallest absolute Gasteiger partial charge is 0.237 e. The molecule has 1 aromatic heterocycles. The van der Waals surface area contributed by atoms with Crippen molar-refractivity contribution in [1.82, 2.24) is 4.98 Å². The normalized spacial score (nSPS) is 11.5. The van der Waals surface area contributed by atoms with Gasteiger partial charge >= 0.3 is 0 Å². The van der Waals surface area contributed by atoms with E-state index < -0.39 is 5.25 Å². The molecule has 4 nitrogen and oxygen atoms in total. The van der Waals surface area contributed by atoms with Gasteiger partial charge in [-0.25, -0.2) is 4.98 Å². The van der Waals surface area contributed by atoms with Crippen molar-refractivity contribution in [3.63, 3.8) is 0 Å². The Bertz CT molecular complexity index is 1400. The van der Waals surface area contributed by atoms with Crippen molar-refractivity contribution >= 4 is 23.4 Å². The van der Waals surface area contributed by atoms with Gasteiger partial charge in [-0.3, -0.25) is 4.79 Å². The Hall–Kier alpha value is -3.88. The van der Waals surface area contributed by atoms with E-state index in [9.17, 15) is 10.1 Å². The zero-order chi connectivity index (χ0) is 25.5. The van der Waals surface area contributed by atoms with Gasteiger partial charge in [0.25, 0.3) is 0 Å². The summed E-state index contributed by atoms with van der Waals surface area (Å²) in [6.07, 6.45) is 1.44. The summed E-state index contributed by atoms with van der Waals surface area (Å²) in [5, 5.41) is 13.5. The molecule has 0 saturated carbocycles. The van der Waals surface area contributed by atoms with Crippen LogP contribution in [0.5, 0.6) is 0 Å². The number of nitriles is 1. The summed E-state index contributed by atoms with van der Waals surface area (Å²) in [5.74, 6) is -0.0800. The zero-order valence-electron chi connectivity index (χ0n) is 20.8. The summed E-state index contributed by atoms with van der Waals surface area (Å²) >= 11 is 1.36. The summed E-state index contributed by atoms with van der Waals surface area (Å²) in [6, 6.07) is 30.2. The standard InChI is InChI=1S/C31H29N3OS/c1-4-22-18-12-13-21(3)29(22)34-30(35)28(5-2)36-31-26(20-32)25(23-14-8-6-9-15-23)19-27(33-31)24-16-10-7-11-17-24/h6-19,28H,4-5H2,1-3H3,(H,34,35). The number of para-hydroxylation sites is 1. The monoisotopic (exact) mass is 491 g/mol. The highest BCUT2D eigenvalue weighted by Gasteiger charge is 2.24. The lowest BCUT2D eigenvalue weighted by molar-refractivity contribution is -0.115. The molecule has 180 valence electrons. The van der Waals surface area contributed by atoms with Crippen LogP contribution < -0.4 is 5.32 Å². The molecule has 36 heavy (non-hydrogen) atoms. The summed E-state index contributed by atoms with van der Waals surface area (Å²) in [6.45, 7) is 6.08. The highest BCUT2D eigenvalue weighted by atomic mass is 32.2. The van der Waals surface area contributed by atoms with Crippen LogP contribution in [-0.2, 0) is 11.2 Å². The number of nitrogens with zero attached hydrogens (tertiary/aromatic N) is 2. The van der Waals surface area contributed by atoms with Crippen molar-refractivity contribution in [3.05, 3.63) is 102 Å². The Balaban J connectivity index is 1.75. The molecule has 3 aromatic carbocycles. The Morgan fingerprint density at radius 3 is 2.25 bits per heavy atom. The molecular formula is C31H29N3OS. The third kappa shape index (κ3) is 5.50. The highest BCUT2D eigenvalue weighted by Crippen LogP contribution is 2.37. The summed E-state index contributed by atoms with van der Waals surface area (Å²) in [7, 11) is 0. The van der Waals surface area contributed by atoms with Crippen LogP contribution in [0.15, 0.2) is 90.0 Å². The summed E-state index contributed by atoms with van der Waals surface area (Å²) in [4.78, 5) is 18.3. The van der Waals surface area contributed by atoms with Crippen LogP contribution in [0.2, 0.25) is 0 Å². The van der Waals surface area contributed by atoms with E-state index in [1.807, 2.05) is 98.8 Å². The number of aryl methyl sites for hydroxylation is 2. The van der Waals surface area contributed by atoms with Crippen molar-refractivity contribution < 1.29 is 4.79 Å². The molecule has 0 radical (unpaired) electrons. The number of nitrogens with one attached hydrogen (secondary N) is 1. The predicted octanol–water partition coefficient (Wildman–Crippen LogP) is 7.67.